The van der Waals surface area contributed by atoms with E-state index in [-0.39, 0.29) is 19.6 Å². The molecular formula is C6H9FO3. The summed E-state index contributed by atoms with van der Waals surface area (Å²) in [6.07, 6.45) is -1.21. The molecule has 1 fully saturated rings. The number of carbonyl (C=O) groups is 1. The Morgan fingerprint density at radius 3 is 2.80 bits per heavy atom. The van der Waals surface area contributed by atoms with E-state index in [2.05, 4.69) is 0 Å². The lowest BCUT2D eigenvalue weighted by atomic mass is 10.0. The van der Waals surface area contributed by atoms with Crippen LogP contribution in [-0.2, 0) is 9.53 Å². The first-order chi connectivity index (χ1) is 4.70. The molecule has 1 aliphatic rings. The van der Waals surface area contributed by atoms with Gasteiger partial charge in [-0.05, 0) is 0 Å². The van der Waals surface area contributed by atoms with E-state index >= 15 is 0 Å². The highest BCUT2D eigenvalue weighted by molar-refractivity contribution is 5.67. The minimum absolute atomic E-state index is 0.0535. The summed E-state index contributed by atoms with van der Waals surface area (Å²) in [5.74, 6) is -1.39. The Bertz CT molecular complexity index is 137. The predicted octanol–water partition coefficient (Wildman–Crippen LogP) is 0.446. The Morgan fingerprint density at radius 2 is 2.40 bits per heavy atom. The predicted molar refractivity (Wildman–Crippen MR) is 31.5 cm³/mol. The normalized spacial score (nSPS) is 32.5. The lowest BCUT2D eigenvalue weighted by molar-refractivity contribution is -0.138. The number of carboxylic acid groups (broad SMARTS) is 1. The number of ether oxygens (including phenoxy) is 1. The van der Waals surface area contributed by atoms with Crippen molar-refractivity contribution in [3.8, 4) is 0 Å². The zero-order chi connectivity index (χ0) is 7.56. The highest BCUT2D eigenvalue weighted by Crippen LogP contribution is 2.19. The minimum atomic E-state index is -1.09. The van der Waals surface area contributed by atoms with Gasteiger partial charge in [0.1, 0.15) is 6.17 Å². The first-order valence-corrected chi connectivity index (χ1v) is 3.13. The molecule has 0 amide bonds. The van der Waals surface area contributed by atoms with E-state index in [4.69, 9.17) is 9.84 Å². The van der Waals surface area contributed by atoms with Crippen molar-refractivity contribution in [1.82, 2.24) is 0 Å². The van der Waals surface area contributed by atoms with Gasteiger partial charge in [-0.15, -0.1) is 0 Å². The van der Waals surface area contributed by atoms with E-state index in [0.717, 1.165) is 0 Å². The van der Waals surface area contributed by atoms with Crippen LogP contribution in [0.15, 0.2) is 0 Å². The molecule has 1 rings (SSSR count). The first-order valence-electron chi connectivity index (χ1n) is 3.13. The number of hydrogen-bond donors (Lipinski definition) is 1. The van der Waals surface area contributed by atoms with Crippen molar-refractivity contribution in [2.24, 2.45) is 5.92 Å². The van der Waals surface area contributed by atoms with E-state index in [1.165, 1.54) is 0 Å². The lowest BCUT2D eigenvalue weighted by Gasteiger charge is -2.04. The van der Waals surface area contributed by atoms with Gasteiger partial charge in [-0.1, -0.05) is 0 Å². The third-order valence-corrected chi connectivity index (χ3v) is 1.56. The monoisotopic (exact) mass is 148 g/mol. The summed E-state index contributed by atoms with van der Waals surface area (Å²) in [6, 6.07) is 0. The average Bonchev–Trinajstić information content (AvgIpc) is 2.15. The molecule has 1 saturated heterocycles. The van der Waals surface area contributed by atoms with Crippen LogP contribution in [0.5, 0.6) is 0 Å². The van der Waals surface area contributed by atoms with Crippen LogP contribution in [0.2, 0.25) is 0 Å². The second kappa shape index (κ2) is 2.96. The van der Waals surface area contributed by atoms with Gasteiger partial charge in [-0.3, -0.25) is 4.79 Å². The minimum Gasteiger partial charge on any atom is -0.481 e. The van der Waals surface area contributed by atoms with Crippen molar-refractivity contribution in [2.45, 2.75) is 12.6 Å². The molecule has 2 atom stereocenters. The number of hydrogen-bond acceptors (Lipinski definition) is 2. The molecule has 0 saturated carbocycles. The topological polar surface area (TPSA) is 46.5 Å². The van der Waals surface area contributed by atoms with E-state index in [1.54, 1.807) is 0 Å². The third-order valence-electron chi connectivity index (χ3n) is 1.56. The van der Waals surface area contributed by atoms with Crippen molar-refractivity contribution in [3.05, 3.63) is 0 Å². The van der Waals surface area contributed by atoms with Gasteiger partial charge >= 0.3 is 5.97 Å². The van der Waals surface area contributed by atoms with Crippen molar-refractivity contribution >= 4 is 5.97 Å². The maximum atomic E-state index is 12.6. The molecule has 0 aliphatic carbocycles. The highest BCUT2D eigenvalue weighted by atomic mass is 19.1. The van der Waals surface area contributed by atoms with Crippen molar-refractivity contribution in [2.75, 3.05) is 13.2 Å². The molecule has 0 bridgehead atoms. The van der Waals surface area contributed by atoms with Gasteiger partial charge in [0, 0.05) is 5.92 Å². The molecule has 0 unspecified atom stereocenters. The van der Waals surface area contributed by atoms with Crippen LogP contribution >= 0.6 is 0 Å². The molecule has 10 heavy (non-hydrogen) atoms. The Hall–Kier alpha value is -0.640. The Kier molecular flexibility index (Phi) is 2.21. The number of carboxylic acids is 1. The van der Waals surface area contributed by atoms with Gasteiger partial charge in [0.2, 0.25) is 0 Å². The lowest BCUT2D eigenvalue weighted by Crippen LogP contribution is -2.16. The molecular weight excluding hydrogens is 139 g/mol. The van der Waals surface area contributed by atoms with Crippen LogP contribution in [0.1, 0.15) is 6.42 Å². The van der Waals surface area contributed by atoms with Crippen LogP contribution in [0, 0.1) is 5.92 Å². The molecule has 0 aromatic carbocycles. The van der Waals surface area contributed by atoms with E-state index < -0.39 is 18.1 Å². The Labute approximate surface area is 57.8 Å². The molecule has 0 aromatic heterocycles. The van der Waals surface area contributed by atoms with Crippen molar-refractivity contribution < 1.29 is 19.0 Å². The summed E-state index contributed by atoms with van der Waals surface area (Å²) in [6.45, 7) is 0.297. The fourth-order valence-corrected chi connectivity index (χ4v) is 0.984. The SMILES string of the molecule is O=C(O)C[C@@H]1COC[C@H]1F. The zero-order valence-corrected chi connectivity index (χ0v) is 5.42. The molecule has 0 aromatic rings. The van der Waals surface area contributed by atoms with Gasteiger partial charge in [-0.2, -0.15) is 0 Å². The second-order valence-electron chi connectivity index (χ2n) is 2.41. The Balaban J connectivity index is 2.33. The third kappa shape index (κ3) is 1.67. The number of halogens is 1. The summed E-state index contributed by atoms with van der Waals surface area (Å²) in [5.41, 5.74) is 0. The van der Waals surface area contributed by atoms with E-state index in [1.807, 2.05) is 0 Å². The maximum Gasteiger partial charge on any atom is 0.303 e. The van der Waals surface area contributed by atoms with Crippen molar-refractivity contribution in [3.63, 3.8) is 0 Å². The fraction of sp³-hybridized carbons (Fsp3) is 0.833. The van der Waals surface area contributed by atoms with Crippen LogP contribution < -0.4 is 0 Å². The molecule has 1 aliphatic heterocycles. The quantitative estimate of drug-likeness (QED) is 0.618. The average molecular weight is 148 g/mol. The maximum absolute atomic E-state index is 12.6. The standard InChI is InChI=1S/C6H9FO3/c7-5-3-10-2-4(5)1-6(8)9/h4-5H,1-3H2,(H,8,9)/t4-,5-/m1/s1. The summed E-state index contributed by atoms with van der Waals surface area (Å²) < 4.78 is 17.3. The molecule has 58 valence electrons. The van der Waals surface area contributed by atoms with Gasteiger partial charge in [0.25, 0.3) is 0 Å². The van der Waals surface area contributed by atoms with E-state index in [0.29, 0.717) is 0 Å². The van der Waals surface area contributed by atoms with Gasteiger partial charge in [-0.25, -0.2) is 4.39 Å². The zero-order valence-electron chi connectivity index (χ0n) is 5.42. The van der Waals surface area contributed by atoms with Gasteiger partial charge < -0.3 is 9.84 Å². The van der Waals surface area contributed by atoms with Crippen molar-refractivity contribution in [1.29, 1.82) is 0 Å². The number of alkyl halides is 1. The largest absolute Gasteiger partial charge is 0.481 e. The molecule has 4 heteroatoms. The second-order valence-corrected chi connectivity index (χ2v) is 2.41. The summed E-state index contributed by atoms with van der Waals surface area (Å²) in [4.78, 5) is 10.1. The summed E-state index contributed by atoms with van der Waals surface area (Å²) in [7, 11) is 0. The Morgan fingerprint density at radius 1 is 1.70 bits per heavy atom. The smallest absolute Gasteiger partial charge is 0.303 e. The van der Waals surface area contributed by atoms with E-state index in [9.17, 15) is 9.18 Å². The molecule has 0 spiro atoms. The van der Waals surface area contributed by atoms with Crippen LogP contribution in [-0.4, -0.2) is 30.5 Å². The molecule has 1 N–H and O–H groups in total. The molecule has 1 heterocycles. The van der Waals surface area contributed by atoms with Gasteiger partial charge in [0.05, 0.1) is 19.6 Å². The first kappa shape index (κ1) is 7.47. The van der Waals surface area contributed by atoms with Crippen LogP contribution in [0.25, 0.3) is 0 Å². The molecule has 0 radical (unpaired) electrons. The van der Waals surface area contributed by atoms with Crippen LogP contribution in [0.4, 0.5) is 4.39 Å². The van der Waals surface area contributed by atoms with Gasteiger partial charge in [0.15, 0.2) is 0 Å². The highest BCUT2D eigenvalue weighted by Gasteiger charge is 2.29. The number of rotatable bonds is 2. The number of aliphatic carboxylic acids is 1. The molecule has 3 nitrogen and oxygen atoms in total. The fourth-order valence-electron chi connectivity index (χ4n) is 0.984. The van der Waals surface area contributed by atoms with Crippen LogP contribution in [0.3, 0.4) is 0 Å². The summed E-state index contributed by atoms with van der Waals surface area (Å²) in [5, 5.41) is 8.27. The summed E-state index contributed by atoms with van der Waals surface area (Å²) >= 11 is 0.